The van der Waals surface area contributed by atoms with Crippen molar-refractivity contribution >= 4 is 11.6 Å². The third-order valence-electron chi connectivity index (χ3n) is 3.55. The van der Waals surface area contributed by atoms with Crippen molar-refractivity contribution in [3.05, 3.63) is 17.7 Å². The van der Waals surface area contributed by atoms with Gasteiger partial charge in [-0.15, -0.1) is 11.6 Å². The summed E-state index contributed by atoms with van der Waals surface area (Å²) in [5.41, 5.74) is 0.744. The molecule has 0 spiro atoms. The van der Waals surface area contributed by atoms with Crippen molar-refractivity contribution in [2.75, 3.05) is 7.11 Å². The Hall–Kier alpha value is -0.540. The minimum absolute atomic E-state index is 0.220. The largest absolute Gasteiger partial charge is 0.370 e. The van der Waals surface area contributed by atoms with Crippen LogP contribution in [0.5, 0.6) is 0 Å². The molecule has 1 fully saturated rings. The van der Waals surface area contributed by atoms with Crippen LogP contribution >= 0.6 is 11.6 Å². The van der Waals surface area contributed by atoms with Gasteiger partial charge in [0.05, 0.1) is 5.88 Å². The van der Waals surface area contributed by atoms with Gasteiger partial charge in [-0.25, -0.2) is 4.98 Å². The van der Waals surface area contributed by atoms with Crippen molar-refractivity contribution in [1.82, 2.24) is 9.97 Å². The lowest BCUT2D eigenvalue weighted by Crippen LogP contribution is -2.35. The summed E-state index contributed by atoms with van der Waals surface area (Å²) in [6.07, 6.45) is 6.38. The van der Waals surface area contributed by atoms with Gasteiger partial charge in [-0.3, -0.25) is 0 Å². The van der Waals surface area contributed by atoms with Crippen LogP contribution in [-0.4, -0.2) is 17.1 Å². The second-order valence-electron chi connectivity index (χ2n) is 4.79. The lowest BCUT2D eigenvalue weighted by atomic mass is 9.78. The number of nitrogens with one attached hydrogen (secondary N) is 1. The molecule has 90 valence electrons. The number of nitrogens with zero attached hydrogens (tertiary/aromatic N) is 1. The predicted molar refractivity (Wildman–Crippen MR) is 64.5 cm³/mol. The monoisotopic (exact) mass is 242 g/mol. The Kier molecular flexibility index (Phi) is 3.55. The molecular formula is C12H19ClN2O. The average Bonchev–Trinajstić information content (AvgIpc) is 2.78. The topological polar surface area (TPSA) is 37.9 Å². The summed E-state index contributed by atoms with van der Waals surface area (Å²) < 4.78 is 5.76. The van der Waals surface area contributed by atoms with Gasteiger partial charge in [0, 0.05) is 19.0 Å². The van der Waals surface area contributed by atoms with Crippen LogP contribution in [0.4, 0.5) is 0 Å². The number of methoxy groups -OCH3 is 1. The molecule has 0 radical (unpaired) electrons. The van der Waals surface area contributed by atoms with Gasteiger partial charge in [0.15, 0.2) is 0 Å². The highest BCUT2D eigenvalue weighted by atomic mass is 35.5. The fourth-order valence-corrected chi connectivity index (χ4v) is 2.79. The van der Waals surface area contributed by atoms with Crippen LogP contribution in [0.15, 0.2) is 6.20 Å². The first kappa shape index (κ1) is 11.9. The number of H-pyrrole nitrogens is 1. The van der Waals surface area contributed by atoms with E-state index in [0.29, 0.717) is 11.8 Å². The first-order valence-corrected chi connectivity index (χ1v) is 6.39. The molecule has 1 N–H and O–H groups in total. The van der Waals surface area contributed by atoms with Crippen LogP contribution < -0.4 is 0 Å². The van der Waals surface area contributed by atoms with Gasteiger partial charge in [0.2, 0.25) is 0 Å². The number of alkyl halides is 1. The van der Waals surface area contributed by atoms with E-state index in [2.05, 4.69) is 16.9 Å². The number of hydrogen-bond donors (Lipinski definition) is 1. The highest BCUT2D eigenvalue weighted by molar-refractivity contribution is 6.16. The molecule has 1 aromatic heterocycles. The van der Waals surface area contributed by atoms with Crippen LogP contribution in [0, 0.1) is 5.92 Å². The van der Waals surface area contributed by atoms with Crippen LogP contribution in [-0.2, 0) is 16.2 Å². The number of halogens is 1. The fraction of sp³-hybridized carbons (Fsp3) is 0.750. The number of imidazole rings is 1. The molecule has 0 aromatic carbocycles. The molecule has 0 bridgehead atoms. The van der Waals surface area contributed by atoms with E-state index >= 15 is 0 Å². The summed E-state index contributed by atoms with van der Waals surface area (Å²) in [5.74, 6) is 2.11. The molecule has 16 heavy (non-hydrogen) atoms. The third kappa shape index (κ3) is 2.11. The molecule has 1 saturated carbocycles. The van der Waals surface area contributed by atoms with E-state index < -0.39 is 0 Å². The van der Waals surface area contributed by atoms with Crippen molar-refractivity contribution in [2.24, 2.45) is 5.92 Å². The van der Waals surface area contributed by atoms with E-state index in [4.69, 9.17) is 16.3 Å². The van der Waals surface area contributed by atoms with Crippen LogP contribution in [0.3, 0.4) is 0 Å². The maximum atomic E-state index is 5.78. The number of ether oxygens (including phenoxy) is 1. The van der Waals surface area contributed by atoms with E-state index in [-0.39, 0.29) is 5.60 Å². The number of rotatable bonds is 3. The molecule has 3 nitrogen and oxygen atoms in total. The Morgan fingerprint density at radius 1 is 1.69 bits per heavy atom. The number of aromatic amines is 1. The molecule has 1 aliphatic carbocycles. The van der Waals surface area contributed by atoms with Gasteiger partial charge < -0.3 is 9.72 Å². The van der Waals surface area contributed by atoms with Crippen LogP contribution in [0.1, 0.15) is 44.1 Å². The zero-order valence-electron chi connectivity index (χ0n) is 9.92. The lowest BCUT2D eigenvalue weighted by Gasteiger charge is -2.37. The lowest BCUT2D eigenvalue weighted by molar-refractivity contribution is -0.0641. The zero-order valence-corrected chi connectivity index (χ0v) is 10.7. The minimum atomic E-state index is -0.220. The van der Waals surface area contributed by atoms with E-state index in [1.54, 1.807) is 7.11 Å². The molecule has 4 heteroatoms. The molecule has 1 aliphatic rings. The Labute approximate surface area is 102 Å². The average molecular weight is 243 g/mol. The molecule has 2 unspecified atom stereocenters. The highest BCUT2D eigenvalue weighted by Gasteiger charge is 2.39. The van der Waals surface area contributed by atoms with Crippen LogP contribution in [0.25, 0.3) is 0 Å². The molecule has 2 atom stereocenters. The Balaban J connectivity index is 2.25. The fourth-order valence-electron chi connectivity index (χ4n) is 2.66. The van der Waals surface area contributed by atoms with Gasteiger partial charge in [-0.1, -0.05) is 13.3 Å². The Morgan fingerprint density at radius 3 is 3.06 bits per heavy atom. The summed E-state index contributed by atoms with van der Waals surface area (Å²) in [6, 6.07) is 0. The smallest absolute Gasteiger partial charge is 0.138 e. The molecule has 2 rings (SSSR count). The number of hydrogen-bond acceptors (Lipinski definition) is 2. The zero-order chi connectivity index (χ0) is 11.6. The first-order chi connectivity index (χ1) is 7.70. The quantitative estimate of drug-likeness (QED) is 0.827. The predicted octanol–water partition coefficient (Wildman–Crippen LogP) is 3.20. The SMILES string of the molecule is COC1(c2ncc(CCl)[nH]2)CCCC(C)C1. The molecule has 0 aliphatic heterocycles. The third-order valence-corrected chi connectivity index (χ3v) is 3.84. The van der Waals surface area contributed by atoms with Crippen molar-refractivity contribution < 1.29 is 4.74 Å². The van der Waals surface area contributed by atoms with Gasteiger partial charge in [-0.2, -0.15) is 0 Å². The summed E-state index contributed by atoms with van der Waals surface area (Å²) in [5, 5.41) is 0. The van der Waals surface area contributed by atoms with Gasteiger partial charge in [-0.05, 0) is 25.2 Å². The van der Waals surface area contributed by atoms with Gasteiger partial charge in [0.25, 0.3) is 0 Å². The molecule has 0 amide bonds. The van der Waals surface area contributed by atoms with Crippen molar-refractivity contribution in [1.29, 1.82) is 0 Å². The Morgan fingerprint density at radius 2 is 2.50 bits per heavy atom. The molecule has 1 heterocycles. The summed E-state index contributed by atoms with van der Waals surface area (Å²) in [7, 11) is 1.78. The second-order valence-corrected chi connectivity index (χ2v) is 5.06. The normalized spacial score (nSPS) is 30.6. The Bertz CT molecular complexity index is 353. The highest BCUT2D eigenvalue weighted by Crippen LogP contribution is 2.41. The van der Waals surface area contributed by atoms with Crippen molar-refractivity contribution in [3.8, 4) is 0 Å². The van der Waals surface area contributed by atoms with E-state index in [0.717, 1.165) is 24.4 Å². The second kappa shape index (κ2) is 4.76. The van der Waals surface area contributed by atoms with Gasteiger partial charge in [0.1, 0.15) is 11.4 Å². The summed E-state index contributed by atoms with van der Waals surface area (Å²) in [6.45, 7) is 2.28. The van der Waals surface area contributed by atoms with E-state index in [1.165, 1.54) is 12.8 Å². The van der Waals surface area contributed by atoms with E-state index in [9.17, 15) is 0 Å². The molecular weight excluding hydrogens is 224 g/mol. The van der Waals surface area contributed by atoms with Crippen molar-refractivity contribution in [3.63, 3.8) is 0 Å². The summed E-state index contributed by atoms with van der Waals surface area (Å²) >= 11 is 5.78. The summed E-state index contributed by atoms with van der Waals surface area (Å²) in [4.78, 5) is 7.70. The van der Waals surface area contributed by atoms with Crippen LogP contribution in [0.2, 0.25) is 0 Å². The molecule has 0 saturated heterocycles. The standard InChI is InChI=1S/C12H19ClN2O/c1-9-4-3-5-12(6-9,16-2)11-14-8-10(7-13)15-11/h8-9H,3-7H2,1-2H3,(H,14,15). The first-order valence-electron chi connectivity index (χ1n) is 5.85. The van der Waals surface area contributed by atoms with Gasteiger partial charge >= 0.3 is 0 Å². The maximum absolute atomic E-state index is 5.78. The number of aromatic nitrogens is 2. The van der Waals surface area contributed by atoms with E-state index in [1.807, 2.05) is 6.20 Å². The van der Waals surface area contributed by atoms with Crippen molar-refractivity contribution in [2.45, 2.75) is 44.1 Å². The minimum Gasteiger partial charge on any atom is -0.370 e. The molecule has 1 aromatic rings. The maximum Gasteiger partial charge on any atom is 0.138 e.